The zero-order valence-electron chi connectivity index (χ0n) is 11.0. The van der Waals surface area contributed by atoms with Crippen molar-refractivity contribution in [3.63, 3.8) is 0 Å². The summed E-state index contributed by atoms with van der Waals surface area (Å²) in [6.45, 7) is 5.63. The van der Waals surface area contributed by atoms with Gasteiger partial charge in [0.2, 0.25) is 0 Å². The molecule has 0 aliphatic carbocycles. The first-order chi connectivity index (χ1) is 8.35. The van der Waals surface area contributed by atoms with Gasteiger partial charge in [-0.05, 0) is 33.4 Å². The zero-order chi connectivity index (χ0) is 13.8. The molecule has 0 aromatic heterocycles. The lowest BCUT2D eigenvalue weighted by molar-refractivity contribution is 0.00677. The second kappa shape index (κ2) is 5.78. The smallest absolute Gasteiger partial charge is 0.339 e. The van der Waals surface area contributed by atoms with Crippen molar-refractivity contribution in [1.82, 2.24) is 0 Å². The molecule has 0 atom stereocenters. The summed E-state index contributed by atoms with van der Waals surface area (Å²) in [5.74, 6) is -0.623. The first-order valence-corrected chi connectivity index (χ1v) is 5.91. The summed E-state index contributed by atoms with van der Waals surface area (Å²) < 4.78 is 5.27. The Kier molecular flexibility index (Phi) is 4.62. The van der Waals surface area contributed by atoms with E-state index in [0.29, 0.717) is 11.1 Å². The van der Waals surface area contributed by atoms with Crippen LogP contribution in [0.3, 0.4) is 0 Å². The van der Waals surface area contributed by atoms with Crippen LogP contribution in [0.4, 0.5) is 0 Å². The Hall–Kier alpha value is -1.68. The third-order valence-electron chi connectivity index (χ3n) is 2.22. The van der Waals surface area contributed by atoms with E-state index in [2.05, 4.69) is 0 Å². The van der Waals surface area contributed by atoms with Crippen molar-refractivity contribution in [2.24, 2.45) is 5.73 Å². The lowest BCUT2D eigenvalue weighted by Crippen LogP contribution is -2.25. The van der Waals surface area contributed by atoms with Crippen LogP contribution in [-0.2, 0) is 4.74 Å². The van der Waals surface area contributed by atoms with Crippen molar-refractivity contribution in [3.8, 4) is 0 Å². The molecule has 98 valence electrons. The van der Waals surface area contributed by atoms with Gasteiger partial charge in [0.1, 0.15) is 5.60 Å². The number of esters is 1. The fourth-order valence-corrected chi connectivity index (χ4v) is 1.50. The topological polar surface area (TPSA) is 69.4 Å². The number of ketones is 1. The molecule has 0 amide bonds. The molecule has 0 aliphatic heterocycles. The molecule has 0 heterocycles. The Morgan fingerprint density at radius 2 is 1.72 bits per heavy atom. The number of ether oxygens (including phenoxy) is 1. The van der Waals surface area contributed by atoms with Crippen LogP contribution in [0.25, 0.3) is 0 Å². The van der Waals surface area contributed by atoms with Crippen LogP contribution < -0.4 is 5.73 Å². The normalized spacial score (nSPS) is 11.1. The molecular weight excluding hydrogens is 230 g/mol. The number of rotatable bonds is 4. The minimum Gasteiger partial charge on any atom is -0.456 e. The summed E-state index contributed by atoms with van der Waals surface area (Å²) in [5.41, 5.74) is 5.44. The van der Waals surface area contributed by atoms with Gasteiger partial charge in [0, 0.05) is 12.0 Å². The van der Waals surface area contributed by atoms with Gasteiger partial charge in [0.05, 0.1) is 5.56 Å². The van der Waals surface area contributed by atoms with Crippen LogP contribution in [-0.4, -0.2) is 23.9 Å². The number of hydrogen-bond donors (Lipinski definition) is 1. The van der Waals surface area contributed by atoms with Crippen molar-refractivity contribution in [3.05, 3.63) is 35.4 Å². The predicted molar refractivity (Wildman–Crippen MR) is 69.6 cm³/mol. The Morgan fingerprint density at radius 3 is 2.22 bits per heavy atom. The van der Waals surface area contributed by atoms with E-state index in [1.54, 1.807) is 45.0 Å². The van der Waals surface area contributed by atoms with Crippen LogP contribution >= 0.6 is 0 Å². The standard InChI is InChI=1S/C14H19NO3/c1-14(2,3)18-13(17)11-7-5-4-6-10(11)12(16)8-9-15/h4-7H,8-9,15H2,1-3H3. The summed E-state index contributed by atoms with van der Waals surface area (Å²) in [6, 6.07) is 6.64. The summed E-state index contributed by atoms with van der Waals surface area (Å²) in [7, 11) is 0. The van der Waals surface area contributed by atoms with Crippen molar-refractivity contribution in [1.29, 1.82) is 0 Å². The molecule has 0 aliphatic rings. The molecule has 0 unspecified atom stereocenters. The number of carbonyl (C=O) groups is 2. The van der Waals surface area contributed by atoms with Gasteiger partial charge < -0.3 is 10.5 Å². The van der Waals surface area contributed by atoms with E-state index in [0.717, 1.165) is 0 Å². The Labute approximate surface area is 107 Å². The molecule has 0 spiro atoms. The van der Waals surface area contributed by atoms with Crippen LogP contribution in [0.15, 0.2) is 24.3 Å². The van der Waals surface area contributed by atoms with Crippen LogP contribution in [0.2, 0.25) is 0 Å². The Balaban J connectivity index is 3.02. The van der Waals surface area contributed by atoms with Crippen molar-refractivity contribution in [2.45, 2.75) is 32.8 Å². The van der Waals surface area contributed by atoms with Gasteiger partial charge in [0.25, 0.3) is 0 Å². The monoisotopic (exact) mass is 249 g/mol. The summed E-state index contributed by atoms with van der Waals surface area (Å²) in [6.07, 6.45) is 0.222. The highest BCUT2D eigenvalue weighted by atomic mass is 16.6. The van der Waals surface area contributed by atoms with Gasteiger partial charge in [-0.2, -0.15) is 0 Å². The molecule has 1 aromatic rings. The zero-order valence-corrected chi connectivity index (χ0v) is 11.0. The second-order valence-corrected chi connectivity index (χ2v) is 5.01. The van der Waals surface area contributed by atoms with E-state index < -0.39 is 11.6 Å². The number of carbonyl (C=O) groups excluding carboxylic acids is 2. The SMILES string of the molecule is CC(C)(C)OC(=O)c1ccccc1C(=O)CCN. The molecule has 0 radical (unpaired) electrons. The van der Waals surface area contributed by atoms with Gasteiger partial charge in [-0.15, -0.1) is 0 Å². The molecule has 4 heteroatoms. The van der Waals surface area contributed by atoms with E-state index >= 15 is 0 Å². The molecule has 0 bridgehead atoms. The molecule has 1 rings (SSSR count). The molecule has 2 N–H and O–H groups in total. The first kappa shape index (κ1) is 14.4. The summed E-state index contributed by atoms with van der Waals surface area (Å²) >= 11 is 0. The van der Waals surface area contributed by atoms with E-state index in [1.165, 1.54) is 0 Å². The maximum atomic E-state index is 12.0. The van der Waals surface area contributed by atoms with Gasteiger partial charge in [0.15, 0.2) is 5.78 Å². The molecule has 0 saturated heterocycles. The molecule has 4 nitrogen and oxygen atoms in total. The van der Waals surface area contributed by atoms with Crippen LogP contribution in [0, 0.1) is 0 Å². The first-order valence-electron chi connectivity index (χ1n) is 5.91. The average Bonchev–Trinajstić information content (AvgIpc) is 2.27. The molecular formula is C14H19NO3. The van der Waals surface area contributed by atoms with Crippen LogP contribution in [0.5, 0.6) is 0 Å². The fourth-order valence-electron chi connectivity index (χ4n) is 1.50. The van der Waals surface area contributed by atoms with Gasteiger partial charge >= 0.3 is 5.97 Å². The van der Waals surface area contributed by atoms with Gasteiger partial charge in [-0.25, -0.2) is 4.79 Å². The highest BCUT2D eigenvalue weighted by molar-refractivity contribution is 6.06. The highest BCUT2D eigenvalue weighted by Gasteiger charge is 2.22. The van der Waals surface area contributed by atoms with Gasteiger partial charge in [-0.3, -0.25) is 4.79 Å². The second-order valence-electron chi connectivity index (χ2n) is 5.01. The third kappa shape index (κ3) is 3.96. The number of Topliss-reactive ketones (excluding diaryl/α,β-unsaturated/α-hetero) is 1. The highest BCUT2D eigenvalue weighted by Crippen LogP contribution is 2.16. The molecule has 0 fully saturated rings. The van der Waals surface area contributed by atoms with Crippen molar-refractivity contribution in [2.75, 3.05) is 6.54 Å². The molecule has 1 aromatic carbocycles. The summed E-state index contributed by atoms with van der Waals surface area (Å²) in [4.78, 5) is 23.8. The van der Waals surface area contributed by atoms with Crippen LogP contribution in [0.1, 0.15) is 47.9 Å². The maximum absolute atomic E-state index is 12.0. The Morgan fingerprint density at radius 1 is 1.17 bits per heavy atom. The quantitative estimate of drug-likeness (QED) is 0.656. The lowest BCUT2D eigenvalue weighted by atomic mass is 10.0. The van der Waals surface area contributed by atoms with E-state index in [4.69, 9.17) is 10.5 Å². The van der Waals surface area contributed by atoms with E-state index in [-0.39, 0.29) is 18.7 Å². The maximum Gasteiger partial charge on any atom is 0.339 e. The van der Waals surface area contributed by atoms with Crippen molar-refractivity contribution < 1.29 is 14.3 Å². The lowest BCUT2D eigenvalue weighted by Gasteiger charge is -2.20. The molecule has 0 saturated carbocycles. The summed E-state index contributed by atoms with van der Waals surface area (Å²) in [5, 5.41) is 0. The minimum absolute atomic E-state index is 0.140. The number of nitrogens with two attached hydrogens (primary N) is 1. The third-order valence-corrected chi connectivity index (χ3v) is 2.22. The van der Waals surface area contributed by atoms with Crippen molar-refractivity contribution >= 4 is 11.8 Å². The largest absolute Gasteiger partial charge is 0.456 e. The van der Waals surface area contributed by atoms with E-state index in [9.17, 15) is 9.59 Å². The molecule has 18 heavy (non-hydrogen) atoms. The minimum atomic E-state index is -0.582. The number of benzene rings is 1. The van der Waals surface area contributed by atoms with E-state index in [1.807, 2.05) is 0 Å². The Bertz CT molecular complexity index is 447. The predicted octanol–water partition coefficient (Wildman–Crippen LogP) is 2.17. The van der Waals surface area contributed by atoms with Gasteiger partial charge in [-0.1, -0.05) is 18.2 Å². The number of hydrogen-bond acceptors (Lipinski definition) is 4. The fraction of sp³-hybridized carbons (Fsp3) is 0.429. The average molecular weight is 249 g/mol.